The van der Waals surface area contributed by atoms with Crippen LogP contribution in [0.3, 0.4) is 0 Å². The Balaban J connectivity index is 1.77. The molecule has 0 atom stereocenters. The maximum Gasteiger partial charge on any atom is 0.104 e. The van der Waals surface area contributed by atoms with Crippen LogP contribution in [0.25, 0.3) is 32.7 Å². The lowest BCUT2D eigenvalue weighted by molar-refractivity contribution is 1.32. The van der Waals surface area contributed by atoms with E-state index in [1.807, 2.05) is 53.9 Å². The topological polar surface area (TPSA) is 61.6 Å². The summed E-state index contributed by atoms with van der Waals surface area (Å²) in [5.74, 6) is 0. The van der Waals surface area contributed by atoms with Crippen molar-refractivity contribution in [2.24, 2.45) is 0 Å². The zero-order valence-electron chi connectivity index (χ0n) is 16.5. The minimum Gasteiger partial charge on any atom is -0.353 e. The number of aromatic nitrogens is 2. The molecule has 0 saturated heterocycles. The van der Waals surface area contributed by atoms with Crippen molar-refractivity contribution < 1.29 is 0 Å². The monoisotopic (exact) mass is 472 g/mol. The molecule has 0 fully saturated rings. The number of anilines is 2. The van der Waals surface area contributed by atoms with Crippen molar-refractivity contribution in [2.45, 2.75) is 0 Å². The highest BCUT2D eigenvalue weighted by Gasteiger charge is 2.19. The predicted octanol–water partition coefficient (Wildman–Crippen LogP) is 7.95. The molecule has 0 bridgehead atoms. The SMILES string of the molecule is N#Cc1c(-c2cccs2)nc2cc(-c3ccccn3)ccc2c1Nc1ccc(Cl)cc1Cl. The van der Waals surface area contributed by atoms with E-state index in [4.69, 9.17) is 28.2 Å². The Labute approximate surface area is 198 Å². The molecule has 0 radical (unpaired) electrons. The van der Waals surface area contributed by atoms with Crippen molar-refractivity contribution in [3.05, 3.63) is 93.9 Å². The zero-order chi connectivity index (χ0) is 22.1. The number of rotatable bonds is 4. The second-order valence-corrected chi connectivity index (χ2v) is 8.79. The summed E-state index contributed by atoms with van der Waals surface area (Å²) >= 11 is 14.0. The van der Waals surface area contributed by atoms with Gasteiger partial charge in [-0.25, -0.2) is 4.98 Å². The van der Waals surface area contributed by atoms with Crippen LogP contribution in [0.2, 0.25) is 10.0 Å². The Bertz CT molecular complexity index is 1480. The largest absolute Gasteiger partial charge is 0.353 e. The smallest absolute Gasteiger partial charge is 0.104 e. The Hall–Kier alpha value is -3.43. The first-order valence-corrected chi connectivity index (χ1v) is 11.3. The molecule has 4 nitrogen and oxygen atoms in total. The van der Waals surface area contributed by atoms with Crippen molar-refractivity contribution in [3.8, 4) is 27.9 Å². The van der Waals surface area contributed by atoms with Crippen molar-refractivity contribution in [3.63, 3.8) is 0 Å². The molecule has 2 aromatic carbocycles. The number of hydrogen-bond acceptors (Lipinski definition) is 5. The van der Waals surface area contributed by atoms with Gasteiger partial charge < -0.3 is 5.32 Å². The second kappa shape index (κ2) is 8.60. The van der Waals surface area contributed by atoms with E-state index in [-0.39, 0.29) is 0 Å². The summed E-state index contributed by atoms with van der Waals surface area (Å²) in [6, 6.07) is 23.2. The van der Waals surface area contributed by atoms with Crippen LogP contribution in [-0.4, -0.2) is 9.97 Å². The highest BCUT2D eigenvalue weighted by Crippen LogP contribution is 2.39. The first-order chi connectivity index (χ1) is 15.6. The lowest BCUT2D eigenvalue weighted by atomic mass is 10.0. The van der Waals surface area contributed by atoms with Gasteiger partial charge in [-0.1, -0.05) is 41.4 Å². The van der Waals surface area contributed by atoms with Crippen molar-refractivity contribution in [1.29, 1.82) is 5.26 Å². The maximum absolute atomic E-state index is 10.1. The molecular weight excluding hydrogens is 459 g/mol. The molecule has 0 amide bonds. The van der Waals surface area contributed by atoms with Crippen molar-refractivity contribution in [1.82, 2.24) is 9.97 Å². The van der Waals surface area contributed by atoms with E-state index < -0.39 is 0 Å². The van der Waals surface area contributed by atoms with Gasteiger partial charge in [0.05, 0.1) is 32.5 Å². The van der Waals surface area contributed by atoms with E-state index in [2.05, 4.69) is 16.4 Å². The highest BCUT2D eigenvalue weighted by molar-refractivity contribution is 7.13. The Kier molecular flexibility index (Phi) is 5.50. The van der Waals surface area contributed by atoms with E-state index in [0.29, 0.717) is 32.7 Å². The summed E-state index contributed by atoms with van der Waals surface area (Å²) in [5.41, 5.74) is 4.94. The second-order valence-electron chi connectivity index (χ2n) is 7.00. The molecule has 3 heterocycles. The van der Waals surface area contributed by atoms with Crippen LogP contribution in [0.1, 0.15) is 5.56 Å². The van der Waals surface area contributed by atoms with Crippen LogP contribution < -0.4 is 5.32 Å². The third kappa shape index (κ3) is 3.80. The van der Waals surface area contributed by atoms with Gasteiger partial charge in [0.2, 0.25) is 0 Å². The number of nitrogens with zero attached hydrogens (tertiary/aromatic N) is 3. The molecule has 0 spiro atoms. The quantitative estimate of drug-likeness (QED) is 0.288. The van der Waals surface area contributed by atoms with Gasteiger partial charge in [-0.3, -0.25) is 4.98 Å². The lowest BCUT2D eigenvalue weighted by Crippen LogP contribution is -2.00. The standard InChI is InChI=1S/C25H14Cl2N4S/c26-16-7-9-21(19(27)13-16)30-24-17-8-6-15(20-4-1-2-10-29-20)12-22(17)31-25(18(24)14-28)23-5-3-11-32-23/h1-13H,(H,30,31). The molecule has 0 aliphatic carbocycles. The number of pyridine rings is 2. The normalized spacial score (nSPS) is 10.8. The molecule has 154 valence electrons. The first-order valence-electron chi connectivity index (χ1n) is 9.69. The van der Waals surface area contributed by atoms with Crippen molar-refractivity contribution >= 4 is 56.8 Å². The molecule has 0 aliphatic rings. The zero-order valence-corrected chi connectivity index (χ0v) is 18.8. The minimum atomic E-state index is 0.455. The van der Waals surface area contributed by atoms with Gasteiger partial charge in [-0.2, -0.15) is 5.26 Å². The van der Waals surface area contributed by atoms with E-state index in [1.54, 1.807) is 24.4 Å². The van der Waals surface area contributed by atoms with E-state index in [9.17, 15) is 5.26 Å². The average molecular weight is 473 g/mol. The Morgan fingerprint density at radius 1 is 0.969 bits per heavy atom. The number of hydrogen-bond donors (Lipinski definition) is 1. The van der Waals surface area contributed by atoms with Crippen molar-refractivity contribution in [2.75, 3.05) is 5.32 Å². The Morgan fingerprint density at radius 2 is 1.88 bits per heavy atom. The third-order valence-electron chi connectivity index (χ3n) is 5.00. The van der Waals surface area contributed by atoms with Crippen LogP contribution in [0.15, 0.2) is 78.3 Å². The van der Waals surface area contributed by atoms with Gasteiger partial charge in [0.1, 0.15) is 17.3 Å². The summed E-state index contributed by atoms with van der Waals surface area (Å²) < 4.78 is 0. The van der Waals surface area contributed by atoms with Crippen LogP contribution in [0.5, 0.6) is 0 Å². The molecule has 0 saturated carbocycles. The van der Waals surface area contributed by atoms with Gasteiger partial charge in [0, 0.05) is 22.2 Å². The molecule has 0 unspecified atom stereocenters. The Morgan fingerprint density at radius 3 is 2.59 bits per heavy atom. The maximum atomic E-state index is 10.1. The predicted molar refractivity (Wildman–Crippen MR) is 133 cm³/mol. The minimum absolute atomic E-state index is 0.455. The molecule has 32 heavy (non-hydrogen) atoms. The molecule has 3 aromatic heterocycles. The lowest BCUT2D eigenvalue weighted by Gasteiger charge is -2.16. The highest BCUT2D eigenvalue weighted by atomic mass is 35.5. The van der Waals surface area contributed by atoms with Gasteiger partial charge >= 0.3 is 0 Å². The van der Waals surface area contributed by atoms with Crippen LogP contribution in [0, 0.1) is 11.3 Å². The summed E-state index contributed by atoms with van der Waals surface area (Å²) in [6.07, 6.45) is 1.76. The number of benzene rings is 2. The fourth-order valence-electron chi connectivity index (χ4n) is 3.51. The van der Waals surface area contributed by atoms with Gasteiger partial charge in [-0.05, 0) is 53.9 Å². The fourth-order valence-corrected chi connectivity index (χ4v) is 4.69. The molecule has 1 N–H and O–H groups in total. The van der Waals surface area contributed by atoms with Gasteiger partial charge in [0.15, 0.2) is 0 Å². The van der Waals surface area contributed by atoms with Crippen LogP contribution in [0.4, 0.5) is 11.4 Å². The van der Waals surface area contributed by atoms with E-state index in [1.165, 1.54) is 11.3 Å². The average Bonchev–Trinajstić information content (AvgIpc) is 3.35. The molecular formula is C25H14Cl2N4S. The van der Waals surface area contributed by atoms with Crippen LogP contribution in [-0.2, 0) is 0 Å². The number of nitriles is 1. The number of halogens is 2. The molecule has 5 aromatic rings. The number of thiophene rings is 1. The number of nitrogens with one attached hydrogen (secondary N) is 1. The molecule has 0 aliphatic heterocycles. The first kappa shape index (κ1) is 20.5. The molecule has 7 heteroatoms. The summed E-state index contributed by atoms with van der Waals surface area (Å²) in [5, 5.41) is 17.2. The number of fused-ring (bicyclic) bond motifs is 1. The van der Waals surface area contributed by atoms with E-state index in [0.717, 1.165) is 27.0 Å². The summed E-state index contributed by atoms with van der Waals surface area (Å²) in [7, 11) is 0. The van der Waals surface area contributed by atoms with Crippen LogP contribution >= 0.6 is 34.5 Å². The van der Waals surface area contributed by atoms with E-state index >= 15 is 0 Å². The summed E-state index contributed by atoms with van der Waals surface area (Å²) in [4.78, 5) is 10.2. The molecule has 5 rings (SSSR count). The van der Waals surface area contributed by atoms with Gasteiger partial charge in [-0.15, -0.1) is 11.3 Å². The van der Waals surface area contributed by atoms with Gasteiger partial charge in [0.25, 0.3) is 0 Å². The summed E-state index contributed by atoms with van der Waals surface area (Å²) in [6.45, 7) is 0. The fraction of sp³-hybridized carbons (Fsp3) is 0. The third-order valence-corrected chi connectivity index (χ3v) is 6.43.